The van der Waals surface area contributed by atoms with Crippen LogP contribution < -0.4 is 5.32 Å². The number of fused-ring (bicyclic) bond motifs is 1. The van der Waals surface area contributed by atoms with Crippen molar-refractivity contribution in [2.24, 2.45) is 0 Å². The van der Waals surface area contributed by atoms with Gasteiger partial charge in [0.15, 0.2) is 10.9 Å². The normalized spacial score (nSPS) is 10.8. The number of hydrogen-bond donors (Lipinski definition) is 1. The molecule has 0 atom stereocenters. The second kappa shape index (κ2) is 3.96. The molecular formula is C9H9ClN4O. The predicted molar refractivity (Wildman–Crippen MR) is 56.3 cm³/mol. The number of ketones is 1. The van der Waals surface area contributed by atoms with Gasteiger partial charge in [0.25, 0.3) is 0 Å². The number of nitrogens with zero attached hydrogens (tertiary/aromatic N) is 3. The number of Topliss-reactive ketones (excluding diaryl/α,β-unsaturated/α-hetero) is 1. The maximum Gasteiger partial charge on any atom is 0.235 e. The van der Waals surface area contributed by atoms with Gasteiger partial charge in [-0.2, -0.15) is 4.98 Å². The average Bonchev–Trinajstić information content (AvgIpc) is 2.54. The molecule has 2 aromatic heterocycles. The fourth-order valence-corrected chi connectivity index (χ4v) is 1.63. The standard InChI is InChI=1S/C9H9ClN4O/c1-11-5-6(15)7-8(10)13-9-12-3-2-4-14(7)9/h2-4,11H,5H2,1H3. The van der Waals surface area contributed by atoms with E-state index in [2.05, 4.69) is 15.3 Å². The highest BCUT2D eigenvalue weighted by atomic mass is 35.5. The minimum Gasteiger partial charge on any atom is -0.313 e. The molecule has 0 spiro atoms. The van der Waals surface area contributed by atoms with Gasteiger partial charge in [-0.05, 0) is 13.1 Å². The highest BCUT2D eigenvalue weighted by Gasteiger charge is 2.17. The van der Waals surface area contributed by atoms with Crippen molar-refractivity contribution in [3.8, 4) is 0 Å². The van der Waals surface area contributed by atoms with Crippen LogP contribution in [0.15, 0.2) is 18.5 Å². The second-order valence-corrected chi connectivity index (χ2v) is 3.35. The molecular weight excluding hydrogens is 216 g/mol. The van der Waals surface area contributed by atoms with Crippen LogP contribution in [0, 0.1) is 0 Å². The lowest BCUT2D eigenvalue weighted by Gasteiger charge is -1.99. The first-order valence-electron chi connectivity index (χ1n) is 4.40. The van der Waals surface area contributed by atoms with Crippen LogP contribution in [0.3, 0.4) is 0 Å². The maximum atomic E-state index is 11.7. The molecule has 0 aliphatic carbocycles. The van der Waals surface area contributed by atoms with Crippen molar-refractivity contribution in [2.75, 3.05) is 13.6 Å². The van der Waals surface area contributed by atoms with Gasteiger partial charge in [-0.25, -0.2) is 4.98 Å². The second-order valence-electron chi connectivity index (χ2n) is 2.99. The number of rotatable bonds is 3. The third-order valence-electron chi connectivity index (χ3n) is 1.96. The maximum absolute atomic E-state index is 11.7. The molecule has 0 saturated heterocycles. The van der Waals surface area contributed by atoms with Crippen molar-refractivity contribution < 1.29 is 4.79 Å². The van der Waals surface area contributed by atoms with Crippen LogP contribution in [-0.2, 0) is 0 Å². The van der Waals surface area contributed by atoms with Crippen LogP contribution in [0.2, 0.25) is 5.15 Å². The summed E-state index contributed by atoms with van der Waals surface area (Å²) in [5.41, 5.74) is 0.370. The zero-order valence-corrected chi connectivity index (χ0v) is 8.82. The van der Waals surface area contributed by atoms with Gasteiger partial charge in [0.05, 0.1) is 6.54 Å². The Bertz CT molecular complexity index is 508. The van der Waals surface area contributed by atoms with Gasteiger partial charge in [-0.1, -0.05) is 11.6 Å². The quantitative estimate of drug-likeness (QED) is 0.783. The summed E-state index contributed by atoms with van der Waals surface area (Å²) in [5, 5.41) is 2.97. The Balaban J connectivity index is 2.58. The lowest BCUT2D eigenvalue weighted by atomic mass is 10.3. The number of carbonyl (C=O) groups excluding carboxylic acids is 1. The average molecular weight is 225 g/mol. The lowest BCUT2D eigenvalue weighted by molar-refractivity contribution is 0.0988. The van der Waals surface area contributed by atoms with Gasteiger partial charge in [-0.15, -0.1) is 0 Å². The largest absolute Gasteiger partial charge is 0.313 e. The molecule has 1 N–H and O–H groups in total. The van der Waals surface area contributed by atoms with E-state index in [-0.39, 0.29) is 17.5 Å². The van der Waals surface area contributed by atoms with Crippen molar-refractivity contribution in [3.63, 3.8) is 0 Å². The summed E-state index contributed by atoms with van der Waals surface area (Å²) in [6.07, 6.45) is 3.31. The van der Waals surface area contributed by atoms with Gasteiger partial charge in [0.1, 0.15) is 5.69 Å². The topological polar surface area (TPSA) is 59.3 Å². The van der Waals surface area contributed by atoms with E-state index in [1.165, 1.54) is 0 Å². The predicted octanol–water partition coefficient (Wildman–Crippen LogP) is 0.785. The van der Waals surface area contributed by atoms with Gasteiger partial charge in [0, 0.05) is 12.4 Å². The van der Waals surface area contributed by atoms with Crippen molar-refractivity contribution >= 4 is 23.2 Å². The highest BCUT2D eigenvalue weighted by molar-refractivity contribution is 6.33. The van der Waals surface area contributed by atoms with Gasteiger partial charge in [0.2, 0.25) is 5.78 Å². The lowest BCUT2D eigenvalue weighted by Crippen LogP contribution is -2.20. The number of hydrogen-bond acceptors (Lipinski definition) is 4. The molecule has 78 valence electrons. The Morgan fingerprint density at radius 3 is 3.20 bits per heavy atom. The summed E-state index contributed by atoms with van der Waals surface area (Å²) in [7, 11) is 1.70. The Hall–Kier alpha value is -1.46. The van der Waals surface area contributed by atoms with E-state index < -0.39 is 0 Å². The van der Waals surface area contributed by atoms with Crippen molar-refractivity contribution in [1.29, 1.82) is 0 Å². The number of nitrogens with one attached hydrogen (secondary N) is 1. The molecule has 5 nitrogen and oxygen atoms in total. The van der Waals surface area contributed by atoms with E-state index in [1.807, 2.05) is 0 Å². The first-order valence-corrected chi connectivity index (χ1v) is 4.78. The summed E-state index contributed by atoms with van der Waals surface area (Å²) in [6.45, 7) is 0.225. The van der Waals surface area contributed by atoms with Crippen LogP contribution in [0.25, 0.3) is 5.78 Å². The molecule has 0 unspecified atom stereocenters. The molecule has 0 aromatic carbocycles. The number of aromatic nitrogens is 3. The fourth-order valence-electron chi connectivity index (χ4n) is 1.35. The van der Waals surface area contributed by atoms with Crippen molar-refractivity contribution in [2.45, 2.75) is 0 Å². The highest BCUT2D eigenvalue weighted by Crippen LogP contribution is 2.16. The van der Waals surface area contributed by atoms with E-state index >= 15 is 0 Å². The molecule has 0 aliphatic heterocycles. The number of halogens is 1. The van der Waals surface area contributed by atoms with Gasteiger partial charge < -0.3 is 5.32 Å². The fraction of sp³-hybridized carbons (Fsp3) is 0.222. The Labute approximate surface area is 91.1 Å². The number of carbonyl (C=O) groups is 1. The molecule has 6 heteroatoms. The Kier molecular flexibility index (Phi) is 2.66. The first kappa shape index (κ1) is 10.1. The third-order valence-corrected chi connectivity index (χ3v) is 2.23. The first-order chi connectivity index (χ1) is 7.24. The van der Waals surface area contributed by atoms with Crippen LogP contribution in [0.1, 0.15) is 10.5 Å². The number of imidazole rings is 1. The smallest absolute Gasteiger partial charge is 0.235 e. The number of likely N-dealkylation sites (N-methyl/N-ethyl adjacent to an activating group) is 1. The molecule has 2 aromatic rings. The minimum atomic E-state index is -0.108. The molecule has 2 rings (SSSR count). The van der Waals surface area contributed by atoms with Crippen LogP contribution in [0.5, 0.6) is 0 Å². The van der Waals surface area contributed by atoms with Crippen LogP contribution in [-0.4, -0.2) is 33.7 Å². The van der Waals surface area contributed by atoms with Crippen molar-refractivity contribution in [3.05, 3.63) is 29.3 Å². The summed E-state index contributed by atoms with van der Waals surface area (Å²) >= 11 is 5.88. The molecule has 0 bridgehead atoms. The van der Waals surface area contributed by atoms with E-state index in [4.69, 9.17) is 11.6 Å². The van der Waals surface area contributed by atoms with E-state index in [9.17, 15) is 4.79 Å². The van der Waals surface area contributed by atoms with Gasteiger partial charge >= 0.3 is 0 Å². The van der Waals surface area contributed by atoms with E-state index in [0.29, 0.717) is 11.5 Å². The van der Waals surface area contributed by atoms with E-state index in [0.717, 1.165) is 0 Å². The van der Waals surface area contributed by atoms with Crippen LogP contribution in [0.4, 0.5) is 0 Å². The Morgan fingerprint density at radius 1 is 1.67 bits per heavy atom. The molecule has 0 saturated carbocycles. The van der Waals surface area contributed by atoms with E-state index in [1.54, 1.807) is 29.9 Å². The summed E-state index contributed by atoms with van der Waals surface area (Å²) in [5.74, 6) is 0.324. The summed E-state index contributed by atoms with van der Waals surface area (Å²) in [6, 6.07) is 1.72. The molecule has 2 heterocycles. The minimum absolute atomic E-state index is 0.108. The van der Waals surface area contributed by atoms with Crippen LogP contribution >= 0.6 is 11.6 Å². The third kappa shape index (κ3) is 1.71. The van der Waals surface area contributed by atoms with Crippen molar-refractivity contribution in [1.82, 2.24) is 19.7 Å². The molecule has 15 heavy (non-hydrogen) atoms. The molecule has 0 fully saturated rings. The SMILES string of the molecule is CNCC(=O)c1c(Cl)nc2ncccn12. The molecule has 0 aliphatic rings. The van der Waals surface area contributed by atoms with Gasteiger partial charge in [-0.3, -0.25) is 9.20 Å². The zero-order chi connectivity index (χ0) is 10.8. The molecule has 0 radical (unpaired) electrons. The summed E-state index contributed by atoms with van der Waals surface area (Å²) < 4.78 is 1.59. The summed E-state index contributed by atoms with van der Waals surface area (Å²) in [4.78, 5) is 19.7. The molecule has 0 amide bonds. The zero-order valence-electron chi connectivity index (χ0n) is 8.07. The monoisotopic (exact) mass is 224 g/mol. The Morgan fingerprint density at radius 2 is 2.47 bits per heavy atom.